The van der Waals surface area contributed by atoms with Gasteiger partial charge in [-0.25, -0.2) is 0 Å². The summed E-state index contributed by atoms with van der Waals surface area (Å²) in [7, 11) is 2.22. The lowest BCUT2D eigenvalue weighted by Crippen LogP contribution is -2.58. The van der Waals surface area contributed by atoms with Gasteiger partial charge >= 0.3 is 0 Å². The van der Waals surface area contributed by atoms with Crippen molar-refractivity contribution in [3.05, 3.63) is 12.7 Å². The van der Waals surface area contributed by atoms with E-state index in [9.17, 15) is 0 Å². The molecule has 0 aliphatic carbocycles. The molecule has 1 rings (SSSR count). The van der Waals surface area contributed by atoms with Crippen LogP contribution in [0.2, 0.25) is 0 Å². The molecule has 0 aromatic heterocycles. The van der Waals surface area contributed by atoms with Crippen molar-refractivity contribution in [2.75, 3.05) is 46.3 Å². The van der Waals surface area contributed by atoms with E-state index in [1.165, 1.54) is 19.6 Å². The zero-order valence-corrected chi connectivity index (χ0v) is 10.4. The maximum atomic E-state index is 3.70. The van der Waals surface area contributed by atoms with Crippen LogP contribution in [0.3, 0.4) is 0 Å². The second-order valence-electron chi connectivity index (χ2n) is 5.00. The molecule has 3 heteroatoms. The molecule has 0 atom stereocenters. The number of hydrogen-bond donors (Lipinski definition) is 1. The molecule has 88 valence electrons. The second kappa shape index (κ2) is 5.64. The van der Waals surface area contributed by atoms with Crippen LogP contribution in [0.1, 0.15) is 13.8 Å². The van der Waals surface area contributed by atoms with Gasteiger partial charge in [-0.2, -0.15) is 0 Å². The predicted molar refractivity (Wildman–Crippen MR) is 66.2 cm³/mol. The lowest BCUT2D eigenvalue weighted by atomic mass is 10.00. The summed E-state index contributed by atoms with van der Waals surface area (Å²) in [5, 5.41) is 3.35. The smallest absolute Gasteiger partial charge is 0.0277 e. The van der Waals surface area contributed by atoms with E-state index >= 15 is 0 Å². The minimum absolute atomic E-state index is 0.316. The molecule has 0 aromatic rings. The Kier molecular flexibility index (Phi) is 4.77. The summed E-state index contributed by atoms with van der Waals surface area (Å²) in [6.45, 7) is 15.0. The molecule has 0 unspecified atom stereocenters. The van der Waals surface area contributed by atoms with Crippen molar-refractivity contribution in [2.45, 2.75) is 19.4 Å². The summed E-state index contributed by atoms with van der Waals surface area (Å²) in [6.07, 6.45) is 1.91. The topological polar surface area (TPSA) is 18.5 Å². The van der Waals surface area contributed by atoms with Gasteiger partial charge in [0.05, 0.1) is 0 Å². The Labute approximate surface area is 94.1 Å². The Morgan fingerprint density at radius 3 is 2.73 bits per heavy atom. The zero-order chi connectivity index (χ0) is 11.3. The highest BCUT2D eigenvalue weighted by Crippen LogP contribution is 2.17. The molecule has 0 amide bonds. The van der Waals surface area contributed by atoms with Gasteiger partial charge in [-0.05, 0) is 20.9 Å². The Morgan fingerprint density at radius 1 is 1.40 bits per heavy atom. The monoisotopic (exact) mass is 211 g/mol. The van der Waals surface area contributed by atoms with Crippen molar-refractivity contribution in [2.24, 2.45) is 0 Å². The molecule has 1 aliphatic heterocycles. The molecule has 1 aliphatic rings. The van der Waals surface area contributed by atoms with E-state index in [-0.39, 0.29) is 0 Å². The fourth-order valence-corrected chi connectivity index (χ4v) is 1.97. The normalized spacial score (nSPS) is 22.9. The minimum atomic E-state index is 0.316. The van der Waals surface area contributed by atoms with Crippen molar-refractivity contribution in [3.63, 3.8) is 0 Å². The molecular weight excluding hydrogens is 186 g/mol. The lowest BCUT2D eigenvalue weighted by molar-refractivity contribution is 0.0408. The Bertz CT molecular complexity index is 201. The number of nitrogens with one attached hydrogen (secondary N) is 1. The van der Waals surface area contributed by atoms with Gasteiger partial charge in [-0.3, -0.25) is 9.80 Å². The largest absolute Gasteiger partial charge is 0.312 e. The highest BCUT2D eigenvalue weighted by molar-refractivity contribution is 4.88. The first-order chi connectivity index (χ1) is 7.06. The first-order valence-corrected chi connectivity index (χ1v) is 5.81. The first kappa shape index (κ1) is 12.7. The van der Waals surface area contributed by atoms with Crippen LogP contribution >= 0.6 is 0 Å². The van der Waals surface area contributed by atoms with E-state index in [4.69, 9.17) is 0 Å². The fraction of sp³-hybridized carbons (Fsp3) is 0.833. The van der Waals surface area contributed by atoms with E-state index in [1.807, 2.05) is 6.08 Å². The van der Waals surface area contributed by atoms with E-state index in [0.717, 1.165) is 19.6 Å². The van der Waals surface area contributed by atoms with Crippen LogP contribution in [-0.2, 0) is 0 Å². The summed E-state index contributed by atoms with van der Waals surface area (Å²) in [4.78, 5) is 4.98. The van der Waals surface area contributed by atoms with Gasteiger partial charge in [0.15, 0.2) is 0 Å². The molecule has 0 bridgehead atoms. The van der Waals surface area contributed by atoms with E-state index in [2.05, 4.69) is 42.6 Å². The molecule has 1 heterocycles. The van der Waals surface area contributed by atoms with Gasteiger partial charge in [0.2, 0.25) is 0 Å². The summed E-state index contributed by atoms with van der Waals surface area (Å²) in [6, 6.07) is 0. The fourth-order valence-electron chi connectivity index (χ4n) is 1.97. The van der Waals surface area contributed by atoms with Gasteiger partial charge in [0.25, 0.3) is 0 Å². The minimum Gasteiger partial charge on any atom is -0.312 e. The van der Waals surface area contributed by atoms with Gasteiger partial charge in [0.1, 0.15) is 0 Å². The highest BCUT2D eigenvalue weighted by atomic mass is 15.3. The Morgan fingerprint density at radius 2 is 2.13 bits per heavy atom. The first-order valence-electron chi connectivity index (χ1n) is 5.81. The molecular formula is C12H25N3. The number of likely N-dealkylation sites (N-methyl/N-ethyl adjacent to an activating group) is 1. The van der Waals surface area contributed by atoms with E-state index in [1.54, 1.807) is 0 Å². The summed E-state index contributed by atoms with van der Waals surface area (Å²) in [5.41, 5.74) is 0.316. The molecule has 0 saturated carbocycles. The zero-order valence-electron chi connectivity index (χ0n) is 10.4. The Balaban J connectivity index is 2.23. The van der Waals surface area contributed by atoms with Gasteiger partial charge in [-0.1, -0.05) is 6.08 Å². The molecule has 1 N–H and O–H groups in total. The molecule has 0 aromatic carbocycles. The average molecular weight is 211 g/mol. The average Bonchev–Trinajstić information content (AvgIpc) is 2.18. The second-order valence-corrected chi connectivity index (χ2v) is 5.00. The Hall–Kier alpha value is -0.380. The summed E-state index contributed by atoms with van der Waals surface area (Å²) < 4.78 is 0. The van der Waals surface area contributed by atoms with Crippen LogP contribution in [0.5, 0.6) is 0 Å². The number of rotatable bonds is 5. The van der Waals surface area contributed by atoms with Crippen molar-refractivity contribution >= 4 is 0 Å². The van der Waals surface area contributed by atoms with E-state index < -0.39 is 0 Å². The van der Waals surface area contributed by atoms with Crippen LogP contribution in [0.4, 0.5) is 0 Å². The third kappa shape index (κ3) is 3.93. The van der Waals surface area contributed by atoms with E-state index in [0.29, 0.717) is 5.54 Å². The maximum Gasteiger partial charge on any atom is 0.0277 e. The van der Waals surface area contributed by atoms with Gasteiger partial charge < -0.3 is 5.32 Å². The van der Waals surface area contributed by atoms with Gasteiger partial charge in [-0.15, -0.1) is 6.58 Å². The third-order valence-electron chi connectivity index (χ3n) is 3.29. The predicted octanol–water partition coefficient (Wildman–Crippen LogP) is 0.788. The van der Waals surface area contributed by atoms with Crippen LogP contribution in [0.15, 0.2) is 12.7 Å². The van der Waals surface area contributed by atoms with Crippen molar-refractivity contribution in [1.29, 1.82) is 0 Å². The third-order valence-corrected chi connectivity index (χ3v) is 3.29. The SMILES string of the molecule is C=CCNCCN1CCN(C)C(C)(C)C1. The molecule has 0 radical (unpaired) electrons. The van der Waals surface area contributed by atoms with Crippen LogP contribution in [0, 0.1) is 0 Å². The van der Waals surface area contributed by atoms with Gasteiger partial charge in [0, 0.05) is 44.8 Å². The van der Waals surface area contributed by atoms with Crippen molar-refractivity contribution < 1.29 is 0 Å². The molecule has 15 heavy (non-hydrogen) atoms. The standard InChI is InChI=1S/C12H25N3/c1-5-6-13-7-8-15-10-9-14(4)12(2,3)11-15/h5,13H,1,6-11H2,2-4H3. The molecule has 3 nitrogen and oxygen atoms in total. The van der Waals surface area contributed by atoms with Crippen molar-refractivity contribution in [1.82, 2.24) is 15.1 Å². The molecule has 1 fully saturated rings. The quantitative estimate of drug-likeness (QED) is 0.536. The van der Waals surface area contributed by atoms with Crippen LogP contribution in [-0.4, -0.2) is 61.7 Å². The highest BCUT2D eigenvalue weighted by Gasteiger charge is 2.30. The number of nitrogens with zero attached hydrogens (tertiary/aromatic N) is 2. The summed E-state index contributed by atoms with van der Waals surface area (Å²) >= 11 is 0. The van der Waals surface area contributed by atoms with Crippen LogP contribution < -0.4 is 5.32 Å². The van der Waals surface area contributed by atoms with Crippen molar-refractivity contribution in [3.8, 4) is 0 Å². The molecule has 0 spiro atoms. The number of piperazine rings is 1. The number of hydrogen-bond acceptors (Lipinski definition) is 3. The molecule has 1 saturated heterocycles. The maximum absolute atomic E-state index is 3.70. The summed E-state index contributed by atoms with van der Waals surface area (Å²) in [5.74, 6) is 0. The lowest BCUT2D eigenvalue weighted by Gasteiger charge is -2.45. The van der Waals surface area contributed by atoms with Crippen LogP contribution in [0.25, 0.3) is 0 Å².